The van der Waals surface area contributed by atoms with E-state index in [9.17, 15) is 8.42 Å². The second-order valence-electron chi connectivity index (χ2n) is 4.69. The van der Waals surface area contributed by atoms with E-state index < -0.39 is 10.0 Å². The van der Waals surface area contributed by atoms with Crippen molar-refractivity contribution >= 4 is 21.4 Å². The molecule has 2 rings (SSSR count). The molecule has 1 aliphatic heterocycles. The third-order valence-corrected chi connectivity index (χ3v) is 6.68. The zero-order valence-electron chi connectivity index (χ0n) is 10.1. The largest absolute Gasteiger partial charge is 0.326 e. The van der Waals surface area contributed by atoms with Crippen LogP contribution < -0.4 is 5.73 Å². The lowest BCUT2D eigenvalue weighted by Gasteiger charge is -2.19. The maximum Gasteiger partial charge on any atom is 0.252 e. The zero-order valence-corrected chi connectivity index (χ0v) is 11.7. The van der Waals surface area contributed by atoms with E-state index in [4.69, 9.17) is 5.73 Å². The Bertz CT molecular complexity index is 495. The van der Waals surface area contributed by atoms with Crippen molar-refractivity contribution in [1.29, 1.82) is 0 Å². The third-order valence-electron chi connectivity index (χ3n) is 3.13. The number of thiophene rings is 1. The summed E-state index contributed by atoms with van der Waals surface area (Å²) in [6, 6.07) is 3.55. The van der Waals surface area contributed by atoms with E-state index in [1.54, 1.807) is 16.4 Å². The molecule has 17 heavy (non-hydrogen) atoms. The van der Waals surface area contributed by atoms with Gasteiger partial charge >= 0.3 is 0 Å². The fraction of sp³-hybridized carbons (Fsp3) is 0.636. The molecule has 4 nitrogen and oxygen atoms in total. The predicted octanol–water partition coefficient (Wildman–Crippen LogP) is 1.63. The second-order valence-corrected chi connectivity index (χ2v) is 7.98. The highest BCUT2D eigenvalue weighted by atomic mass is 32.2. The molecule has 1 fully saturated rings. The Balaban J connectivity index is 2.30. The molecule has 1 aromatic heterocycles. The summed E-state index contributed by atoms with van der Waals surface area (Å²) in [6.45, 7) is 5.08. The van der Waals surface area contributed by atoms with E-state index >= 15 is 0 Å². The van der Waals surface area contributed by atoms with Gasteiger partial charge in [-0.1, -0.05) is 6.92 Å². The van der Waals surface area contributed by atoms with Crippen molar-refractivity contribution < 1.29 is 8.42 Å². The highest BCUT2D eigenvalue weighted by Gasteiger charge is 2.36. The Morgan fingerprint density at radius 1 is 1.47 bits per heavy atom. The topological polar surface area (TPSA) is 63.4 Å². The minimum Gasteiger partial charge on any atom is -0.326 e. The number of nitrogens with zero attached hydrogens (tertiary/aromatic N) is 1. The molecule has 0 aromatic carbocycles. The molecule has 0 bridgehead atoms. The van der Waals surface area contributed by atoms with Gasteiger partial charge in [0.1, 0.15) is 4.21 Å². The van der Waals surface area contributed by atoms with Gasteiger partial charge < -0.3 is 5.73 Å². The summed E-state index contributed by atoms with van der Waals surface area (Å²) in [5, 5.41) is 0. The molecule has 1 aromatic rings. The van der Waals surface area contributed by atoms with Crippen molar-refractivity contribution in [2.24, 2.45) is 11.7 Å². The van der Waals surface area contributed by atoms with Gasteiger partial charge in [-0.15, -0.1) is 11.3 Å². The quantitative estimate of drug-likeness (QED) is 0.911. The molecule has 0 aliphatic carbocycles. The number of hydrogen-bond acceptors (Lipinski definition) is 4. The Morgan fingerprint density at radius 3 is 2.65 bits per heavy atom. The molecule has 0 amide bonds. The van der Waals surface area contributed by atoms with Crippen molar-refractivity contribution in [3.8, 4) is 0 Å². The molecule has 2 unspecified atom stereocenters. The lowest BCUT2D eigenvalue weighted by Crippen LogP contribution is -2.33. The summed E-state index contributed by atoms with van der Waals surface area (Å²) in [5.41, 5.74) is 5.51. The van der Waals surface area contributed by atoms with Crippen LogP contribution >= 0.6 is 11.3 Å². The van der Waals surface area contributed by atoms with Crippen molar-refractivity contribution in [3.05, 3.63) is 17.0 Å². The van der Waals surface area contributed by atoms with Crippen LogP contribution in [0.1, 0.15) is 25.1 Å². The minimum atomic E-state index is -3.31. The highest BCUT2D eigenvalue weighted by Crippen LogP contribution is 2.32. The van der Waals surface area contributed by atoms with Crippen LogP contribution in [-0.2, 0) is 16.6 Å². The average Bonchev–Trinajstić information content (AvgIpc) is 2.85. The van der Waals surface area contributed by atoms with E-state index in [0.29, 0.717) is 23.2 Å². The van der Waals surface area contributed by atoms with E-state index in [1.165, 1.54) is 11.3 Å². The molecular weight excluding hydrogens is 256 g/mol. The standard InChI is InChI=1S/C11H18N2O2S2/c1-8-5-9(2)13(7-8)17(14,15)11-4-3-10(6-12)16-11/h3-4,8-9H,5-7,12H2,1-2H3. The molecule has 2 atom stereocenters. The fourth-order valence-corrected chi connectivity index (χ4v) is 5.44. The van der Waals surface area contributed by atoms with Crippen molar-refractivity contribution in [3.63, 3.8) is 0 Å². The molecule has 2 heterocycles. The van der Waals surface area contributed by atoms with E-state index in [2.05, 4.69) is 6.92 Å². The van der Waals surface area contributed by atoms with E-state index in [0.717, 1.165) is 11.3 Å². The maximum atomic E-state index is 12.4. The van der Waals surface area contributed by atoms with Gasteiger partial charge in [0.2, 0.25) is 0 Å². The Labute approximate surface area is 106 Å². The van der Waals surface area contributed by atoms with E-state index in [1.807, 2.05) is 6.92 Å². The van der Waals surface area contributed by atoms with Crippen LogP contribution in [0.25, 0.3) is 0 Å². The van der Waals surface area contributed by atoms with Crippen LogP contribution in [0, 0.1) is 5.92 Å². The van der Waals surface area contributed by atoms with Crippen LogP contribution in [-0.4, -0.2) is 25.3 Å². The van der Waals surface area contributed by atoms with Crippen LogP contribution in [0.4, 0.5) is 0 Å². The van der Waals surface area contributed by atoms with Gasteiger partial charge in [-0.05, 0) is 31.4 Å². The number of rotatable bonds is 3. The van der Waals surface area contributed by atoms with Gasteiger partial charge in [0.25, 0.3) is 10.0 Å². The van der Waals surface area contributed by atoms with Crippen molar-refractivity contribution in [2.75, 3.05) is 6.54 Å². The zero-order chi connectivity index (χ0) is 12.6. The van der Waals surface area contributed by atoms with Crippen LogP contribution in [0.15, 0.2) is 16.3 Å². The van der Waals surface area contributed by atoms with E-state index in [-0.39, 0.29) is 6.04 Å². The lowest BCUT2D eigenvalue weighted by molar-refractivity contribution is 0.407. The molecule has 0 radical (unpaired) electrons. The summed E-state index contributed by atoms with van der Waals surface area (Å²) in [4.78, 5) is 0.906. The van der Waals surface area contributed by atoms with Gasteiger partial charge in [-0.25, -0.2) is 8.42 Å². The first-order valence-corrected chi connectivity index (χ1v) is 8.01. The van der Waals surface area contributed by atoms with Gasteiger partial charge in [0, 0.05) is 24.0 Å². The van der Waals surface area contributed by atoms with Gasteiger partial charge in [-0.3, -0.25) is 0 Å². The predicted molar refractivity (Wildman–Crippen MR) is 69.3 cm³/mol. The third kappa shape index (κ3) is 2.40. The Hall–Kier alpha value is -0.430. The normalized spacial score (nSPS) is 26.5. The average molecular weight is 274 g/mol. The molecule has 1 saturated heterocycles. The summed E-state index contributed by atoms with van der Waals surface area (Å²) >= 11 is 1.28. The van der Waals surface area contributed by atoms with Crippen LogP contribution in [0.2, 0.25) is 0 Å². The van der Waals surface area contributed by atoms with Crippen molar-refractivity contribution in [1.82, 2.24) is 4.31 Å². The monoisotopic (exact) mass is 274 g/mol. The number of nitrogens with two attached hydrogens (primary N) is 1. The van der Waals surface area contributed by atoms with Gasteiger partial charge in [0.05, 0.1) is 0 Å². The first kappa shape index (κ1) is 13.0. The molecular formula is C11H18N2O2S2. The lowest BCUT2D eigenvalue weighted by atomic mass is 10.1. The Morgan fingerprint density at radius 2 is 2.18 bits per heavy atom. The van der Waals surface area contributed by atoms with Crippen molar-refractivity contribution in [2.45, 2.75) is 37.1 Å². The smallest absolute Gasteiger partial charge is 0.252 e. The summed E-state index contributed by atoms with van der Waals surface area (Å²) in [5.74, 6) is 0.439. The SMILES string of the molecule is CC1CC(C)N(S(=O)(=O)c2ccc(CN)s2)C1. The molecule has 96 valence electrons. The number of sulfonamides is 1. The highest BCUT2D eigenvalue weighted by molar-refractivity contribution is 7.91. The first-order valence-electron chi connectivity index (χ1n) is 5.75. The second kappa shape index (κ2) is 4.68. The van der Waals surface area contributed by atoms with Gasteiger partial charge in [-0.2, -0.15) is 4.31 Å². The molecule has 1 aliphatic rings. The van der Waals surface area contributed by atoms with Crippen LogP contribution in [0.3, 0.4) is 0 Å². The molecule has 0 spiro atoms. The summed E-state index contributed by atoms with van der Waals surface area (Å²) in [7, 11) is -3.31. The first-order chi connectivity index (χ1) is 7.95. The number of hydrogen-bond donors (Lipinski definition) is 1. The minimum absolute atomic E-state index is 0.0958. The van der Waals surface area contributed by atoms with Gasteiger partial charge in [0.15, 0.2) is 0 Å². The van der Waals surface area contributed by atoms with Crippen LogP contribution in [0.5, 0.6) is 0 Å². The Kier molecular flexibility index (Phi) is 3.58. The maximum absolute atomic E-state index is 12.4. The summed E-state index contributed by atoms with van der Waals surface area (Å²) in [6.07, 6.45) is 0.939. The fourth-order valence-electron chi connectivity index (χ4n) is 2.32. The molecule has 6 heteroatoms. The molecule has 0 saturated carbocycles. The molecule has 2 N–H and O–H groups in total. The summed E-state index contributed by atoms with van der Waals surface area (Å²) < 4.78 is 26.9.